The van der Waals surface area contributed by atoms with Crippen molar-refractivity contribution in [2.45, 2.75) is 17.7 Å². The van der Waals surface area contributed by atoms with Gasteiger partial charge in [-0.05, 0) is 17.7 Å². The number of methoxy groups -OCH3 is 2. The second-order valence-corrected chi connectivity index (χ2v) is 11.6. The summed E-state index contributed by atoms with van der Waals surface area (Å²) in [6.45, 7) is 0. The highest BCUT2D eigenvalue weighted by Gasteiger charge is 2.50. The summed E-state index contributed by atoms with van der Waals surface area (Å²) in [5.41, 5.74) is 1.20. The van der Waals surface area contributed by atoms with E-state index in [0.29, 0.717) is 38.0 Å². The molecule has 0 bridgehead atoms. The van der Waals surface area contributed by atoms with Gasteiger partial charge in [0.25, 0.3) is 5.91 Å². The molecule has 0 saturated carbocycles. The molecule has 0 aliphatic carbocycles. The van der Waals surface area contributed by atoms with Crippen LogP contribution in [0.25, 0.3) is 0 Å². The fourth-order valence-corrected chi connectivity index (χ4v) is 8.19. The summed E-state index contributed by atoms with van der Waals surface area (Å²) in [4.78, 5) is 18.9. The van der Waals surface area contributed by atoms with E-state index in [9.17, 15) is 13.2 Å². The summed E-state index contributed by atoms with van der Waals surface area (Å²) in [5, 5.41) is 0.979. The summed E-state index contributed by atoms with van der Waals surface area (Å²) in [7, 11) is -0.224. The van der Waals surface area contributed by atoms with Crippen LogP contribution in [-0.4, -0.2) is 56.5 Å². The van der Waals surface area contributed by atoms with Crippen molar-refractivity contribution in [2.75, 3.05) is 30.6 Å². The molecule has 2 aromatic rings. The molecule has 0 radical (unpaired) electrons. The molecule has 1 amide bonds. The van der Waals surface area contributed by atoms with E-state index in [1.165, 1.54) is 26.0 Å². The Balaban J connectivity index is 1.74. The number of carbonyl (C=O) groups excluding carboxylic acids is 1. The lowest BCUT2D eigenvalue weighted by molar-refractivity contribution is -0.117. The molecule has 2 fully saturated rings. The van der Waals surface area contributed by atoms with E-state index in [4.69, 9.17) is 32.7 Å². The standard InChI is InChI=1S/C21H20Cl2N2O5S2/c1-29-17-9-18(30-2)15(8-14(17)23)25-16-10-32(27,28)11-19(16)31-21(25)24-20(26)7-12-5-3-4-6-13(12)22/h3-6,8-9,16,19H,7,10-11H2,1-2H3/t16-,19-/m0/s1. The van der Waals surface area contributed by atoms with Crippen LogP contribution in [0.1, 0.15) is 5.56 Å². The minimum absolute atomic E-state index is 0.0166. The monoisotopic (exact) mass is 514 g/mol. The van der Waals surface area contributed by atoms with E-state index < -0.39 is 15.9 Å². The molecule has 32 heavy (non-hydrogen) atoms. The Labute approximate surface area is 200 Å². The Kier molecular flexibility index (Phi) is 6.63. The average Bonchev–Trinajstić information content (AvgIpc) is 3.20. The predicted octanol–water partition coefficient (Wildman–Crippen LogP) is 3.85. The van der Waals surface area contributed by atoms with Gasteiger partial charge < -0.3 is 14.4 Å². The fourth-order valence-electron chi connectivity index (χ4n) is 3.83. The highest BCUT2D eigenvalue weighted by atomic mass is 35.5. The summed E-state index contributed by atoms with van der Waals surface area (Å²) in [5.74, 6) is 0.441. The Morgan fingerprint density at radius 1 is 1.12 bits per heavy atom. The number of thioether (sulfide) groups is 1. The summed E-state index contributed by atoms with van der Waals surface area (Å²) < 4.78 is 35.4. The van der Waals surface area contributed by atoms with Gasteiger partial charge in [-0.15, -0.1) is 0 Å². The average molecular weight is 515 g/mol. The molecule has 170 valence electrons. The Hall–Kier alpha value is -1.94. The van der Waals surface area contributed by atoms with E-state index in [1.54, 1.807) is 41.3 Å². The maximum absolute atomic E-state index is 12.8. The van der Waals surface area contributed by atoms with Crippen LogP contribution in [0.4, 0.5) is 5.69 Å². The molecule has 2 saturated heterocycles. The maximum Gasteiger partial charge on any atom is 0.252 e. The third-order valence-corrected chi connectivity index (χ3v) is 9.17. The first-order chi connectivity index (χ1) is 15.2. The third-order valence-electron chi connectivity index (χ3n) is 5.30. The molecule has 2 atom stereocenters. The number of benzene rings is 2. The lowest BCUT2D eigenvalue weighted by atomic mass is 10.1. The second kappa shape index (κ2) is 9.13. The first-order valence-corrected chi connectivity index (χ1v) is 13.1. The number of aliphatic imine (C=N–C) groups is 1. The predicted molar refractivity (Wildman–Crippen MR) is 128 cm³/mol. The van der Waals surface area contributed by atoms with Crippen molar-refractivity contribution < 1.29 is 22.7 Å². The molecule has 0 spiro atoms. The Bertz CT molecular complexity index is 1200. The number of hydrogen-bond acceptors (Lipinski definition) is 6. The number of halogens is 2. The number of hydrogen-bond donors (Lipinski definition) is 0. The first kappa shape index (κ1) is 23.2. The molecule has 2 aromatic carbocycles. The van der Waals surface area contributed by atoms with Crippen molar-refractivity contribution >= 4 is 61.6 Å². The van der Waals surface area contributed by atoms with Crippen LogP contribution < -0.4 is 14.4 Å². The second-order valence-electron chi connectivity index (χ2n) is 7.39. The van der Waals surface area contributed by atoms with Gasteiger partial charge in [-0.3, -0.25) is 4.79 Å². The number of carbonyl (C=O) groups is 1. The zero-order valence-electron chi connectivity index (χ0n) is 17.2. The number of ether oxygens (including phenoxy) is 2. The van der Waals surface area contributed by atoms with Crippen LogP contribution in [0.2, 0.25) is 10.0 Å². The molecule has 2 aliphatic heterocycles. The van der Waals surface area contributed by atoms with Crippen LogP contribution in [0.5, 0.6) is 11.5 Å². The van der Waals surface area contributed by atoms with Gasteiger partial charge in [-0.25, -0.2) is 8.42 Å². The van der Waals surface area contributed by atoms with Crippen molar-refractivity contribution in [1.29, 1.82) is 0 Å². The molecular formula is C21H20Cl2N2O5S2. The lowest BCUT2D eigenvalue weighted by Crippen LogP contribution is -2.38. The van der Waals surface area contributed by atoms with Crippen molar-refractivity contribution in [3.8, 4) is 11.5 Å². The number of amidine groups is 1. The zero-order valence-corrected chi connectivity index (χ0v) is 20.4. The van der Waals surface area contributed by atoms with E-state index >= 15 is 0 Å². The molecule has 2 aliphatic rings. The van der Waals surface area contributed by atoms with E-state index in [2.05, 4.69) is 4.99 Å². The number of amides is 1. The van der Waals surface area contributed by atoms with Gasteiger partial charge in [0.1, 0.15) is 11.5 Å². The van der Waals surface area contributed by atoms with Crippen LogP contribution in [0.3, 0.4) is 0 Å². The van der Waals surface area contributed by atoms with Gasteiger partial charge in [0.2, 0.25) is 0 Å². The summed E-state index contributed by atoms with van der Waals surface area (Å²) >= 11 is 13.8. The molecule has 0 unspecified atom stereocenters. The minimum atomic E-state index is -3.21. The van der Waals surface area contributed by atoms with Gasteiger partial charge in [-0.1, -0.05) is 53.2 Å². The topological polar surface area (TPSA) is 85.3 Å². The van der Waals surface area contributed by atoms with Crippen molar-refractivity contribution in [1.82, 2.24) is 0 Å². The van der Waals surface area contributed by atoms with Gasteiger partial charge in [-0.2, -0.15) is 4.99 Å². The Morgan fingerprint density at radius 3 is 2.53 bits per heavy atom. The van der Waals surface area contributed by atoms with Crippen molar-refractivity contribution in [2.24, 2.45) is 4.99 Å². The molecule has 2 heterocycles. The quantitative estimate of drug-likeness (QED) is 0.598. The van der Waals surface area contributed by atoms with E-state index in [-0.39, 0.29) is 29.1 Å². The molecule has 11 heteroatoms. The normalized spacial score (nSPS) is 22.8. The maximum atomic E-state index is 12.8. The van der Waals surface area contributed by atoms with Gasteiger partial charge in [0, 0.05) is 16.3 Å². The van der Waals surface area contributed by atoms with Crippen LogP contribution in [-0.2, 0) is 21.1 Å². The lowest BCUT2D eigenvalue weighted by Gasteiger charge is -2.27. The summed E-state index contributed by atoms with van der Waals surface area (Å²) in [6.07, 6.45) is 0.0334. The van der Waals surface area contributed by atoms with Crippen molar-refractivity contribution in [3.63, 3.8) is 0 Å². The van der Waals surface area contributed by atoms with Crippen molar-refractivity contribution in [3.05, 3.63) is 52.0 Å². The van der Waals surface area contributed by atoms with E-state index in [0.717, 1.165) is 0 Å². The SMILES string of the molecule is COc1cc(OC)c(N2C(=NC(=O)Cc3ccccc3Cl)S[C@H]3CS(=O)(=O)C[C@@H]32)cc1Cl. The smallest absolute Gasteiger partial charge is 0.252 e. The summed E-state index contributed by atoms with van der Waals surface area (Å²) in [6, 6.07) is 9.95. The zero-order chi connectivity index (χ0) is 23.0. The third kappa shape index (κ3) is 4.57. The number of rotatable bonds is 5. The molecule has 0 N–H and O–H groups in total. The van der Waals surface area contributed by atoms with Gasteiger partial charge >= 0.3 is 0 Å². The minimum Gasteiger partial charge on any atom is -0.495 e. The highest BCUT2D eigenvalue weighted by molar-refractivity contribution is 8.16. The number of anilines is 1. The molecular weight excluding hydrogens is 495 g/mol. The molecule has 7 nitrogen and oxygen atoms in total. The number of sulfone groups is 1. The van der Waals surface area contributed by atoms with Crippen LogP contribution >= 0.6 is 35.0 Å². The number of fused-ring (bicyclic) bond motifs is 1. The highest BCUT2D eigenvalue weighted by Crippen LogP contribution is 2.46. The first-order valence-electron chi connectivity index (χ1n) is 9.65. The fraction of sp³-hybridized carbons (Fsp3) is 0.333. The van der Waals surface area contributed by atoms with Gasteiger partial charge in [0.05, 0.1) is 48.9 Å². The molecule has 4 rings (SSSR count). The van der Waals surface area contributed by atoms with E-state index in [1.807, 2.05) is 0 Å². The van der Waals surface area contributed by atoms with Crippen LogP contribution in [0, 0.1) is 0 Å². The number of nitrogens with zero attached hydrogens (tertiary/aromatic N) is 2. The van der Waals surface area contributed by atoms with Gasteiger partial charge in [0.15, 0.2) is 15.0 Å². The van der Waals surface area contributed by atoms with Crippen LogP contribution in [0.15, 0.2) is 41.4 Å². The largest absolute Gasteiger partial charge is 0.495 e. The molecule has 0 aromatic heterocycles. The Morgan fingerprint density at radius 2 is 1.84 bits per heavy atom.